The Balaban J connectivity index is 1.44. The Bertz CT molecular complexity index is 1790. The van der Waals surface area contributed by atoms with E-state index in [0.29, 0.717) is 32.3 Å². The second-order valence-electron chi connectivity index (χ2n) is 8.31. The number of pyridine rings is 1. The molecule has 0 bridgehead atoms. The summed E-state index contributed by atoms with van der Waals surface area (Å²) in [5, 5.41) is 0.846. The van der Waals surface area contributed by atoms with Gasteiger partial charge in [-0.25, -0.2) is 14.8 Å². The highest BCUT2D eigenvalue weighted by atomic mass is 79.9. The minimum Gasteiger partial charge on any atom is -0.419 e. The molecule has 0 saturated heterocycles. The number of hydrogen-bond acceptors (Lipinski definition) is 5. The van der Waals surface area contributed by atoms with Gasteiger partial charge in [-0.05, 0) is 46.3 Å². The molecule has 5 nitrogen and oxygen atoms in total. The van der Waals surface area contributed by atoms with Crippen molar-refractivity contribution in [1.29, 1.82) is 0 Å². The number of rotatable bonds is 4. The third kappa shape index (κ3) is 4.52. The van der Waals surface area contributed by atoms with Crippen molar-refractivity contribution in [3.63, 3.8) is 0 Å². The molecule has 6 aromatic rings. The summed E-state index contributed by atoms with van der Waals surface area (Å²) < 4.78 is 7.32. The number of hydrogen-bond donors (Lipinski definition) is 0. The van der Waals surface area contributed by atoms with Crippen LogP contribution < -0.4 is 4.74 Å². The van der Waals surface area contributed by atoms with E-state index in [0.717, 1.165) is 32.4 Å². The maximum atomic E-state index is 13.3. The number of carbonyl (C=O) groups is 1. The van der Waals surface area contributed by atoms with E-state index in [4.69, 9.17) is 14.7 Å². The van der Waals surface area contributed by atoms with Crippen LogP contribution >= 0.6 is 31.9 Å². The zero-order chi connectivity index (χ0) is 25.4. The Morgan fingerprint density at radius 3 is 2.00 bits per heavy atom. The van der Waals surface area contributed by atoms with E-state index in [1.165, 1.54) is 0 Å². The lowest BCUT2D eigenvalue weighted by atomic mass is 10.0. The lowest BCUT2D eigenvalue weighted by Gasteiger charge is -2.12. The smallest absolute Gasteiger partial charge is 0.343 e. The molecule has 0 unspecified atom stereocenters. The number of nitrogens with zero attached hydrogens (tertiary/aromatic N) is 3. The molecule has 2 heterocycles. The molecule has 0 spiro atoms. The van der Waals surface area contributed by atoms with Gasteiger partial charge < -0.3 is 4.74 Å². The van der Waals surface area contributed by atoms with Crippen molar-refractivity contribution in [3.8, 4) is 28.3 Å². The number of halogens is 2. The Hall–Kier alpha value is -3.94. The highest BCUT2D eigenvalue weighted by molar-refractivity contribution is 9.11. The first-order valence-corrected chi connectivity index (χ1v) is 13.0. The Kier molecular flexibility index (Phi) is 6.24. The summed E-state index contributed by atoms with van der Waals surface area (Å²) in [6.07, 6.45) is 1.67. The summed E-state index contributed by atoms with van der Waals surface area (Å²) in [5.41, 5.74) is 5.68. The summed E-state index contributed by atoms with van der Waals surface area (Å²) in [5.74, 6) is -0.147. The van der Waals surface area contributed by atoms with Crippen LogP contribution in [0.15, 0.2) is 112 Å². The van der Waals surface area contributed by atoms with Crippen molar-refractivity contribution in [1.82, 2.24) is 15.0 Å². The molecule has 0 aliphatic rings. The topological polar surface area (TPSA) is 65.0 Å². The van der Waals surface area contributed by atoms with Crippen LogP contribution in [0.3, 0.4) is 0 Å². The van der Waals surface area contributed by atoms with E-state index in [2.05, 4.69) is 36.8 Å². The third-order valence-corrected chi connectivity index (χ3v) is 7.18. The van der Waals surface area contributed by atoms with Crippen molar-refractivity contribution in [2.45, 2.75) is 0 Å². The van der Waals surface area contributed by atoms with Gasteiger partial charge in [-0.1, -0.05) is 82.7 Å². The SMILES string of the molecule is O=C(Oc1c(Br)cc(Br)c2cccnc12)c1ccc2nc(-c3ccccc3)c(-c3ccccc3)nc2c1. The van der Waals surface area contributed by atoms with Gasteiger partial charge >= 0.3 is 5.97 Å². The van der Waals surface area contributed by atoms with Crippen molar-refractivity contribution in [2.75, 3.05) is 0 Å². The Labute approximate surface area is 229 Å². The molecular weight excluding hydrogens is 594 g/mol. The van der Waals surface area contributed by atoms with Gasteiger partial charge in [0.15, 0.2) is 5.75 Å². The molecule has 7 heteroatoms. The normalized spacial score (nSPS) is 11.1. The molecule has 0 radical (unpaired) electrons. The molecule has 0 saturated carbocycles. The van der Waals surface area contributed by atoms with Crippen LogP contribution in [-0.4, -0.2) is 20.9 Å². The summed E-state index contributed by atoms with van der Waals surface area (Å²) >= 11 is 7.05. The van der Waals surface area contributed by atoms with Gasteiger partial charge in [0.25, 0.3) is 0 Å². The molecule has 4 aromatic carbocycles. The molecule has 0 fully saturated rings. The van der Waals surface area contributed by atoms with E-state index < -0.39 is 5.97 Å². The minimum atomic E-state index is -0.507. The van der Waals surface area contributed by atoms with Crippen LogP contribution in [0.4, 0.5) is 0 Å². The molecule has 0 aliphatic carbocycles. The fraction of sp³-hybridized carbons (Fsp3) is 0. The summed E-state index contributed by atoms with van der Waals surface area (Å²) in [7, 11) is 0. The molecule has 0 amide bonds. The lowest BCUT2D eigenvalue weighted by Crippen LogP contribution is -2.10. The van der Waals surface area contributed by atoms with E-state index >= 15 is 0 Å². The number of carbonyl (C=O) groups excluding carboxylic acids is 1. The van der Waals surface area contributed by atoms with E-state index in [1.807, 2.05) is 78.9 Å². The van der Waals surface area contributed by atoms with Gasteiger partial charge in [0, 0.05) is 27.2 Å². The number of aromatic nitrogens is 3. The van der Waals surface area contributed by atoms with Crippen molar-refractivity contribution >= 4 is 59.8 Å². The van der Waals surface area contributed by atoms with Crippen molar-refractivity contribution in [3.05, 3.63) is 118 Å². The summed E-state index contributed by atoms with van der Waals surface area (Å²) in [4.78, 5) is 27.6. The first kappa shape index (κ1) is 23.5. The lowest BCUT2D eigenvalue weighted by molar-refractivity contribution is 0.0735. The molecule has 0 atom stereocenters. The molecule has 6 rings (SSSR count). The number of benzene rings is 4. The van der Waals surface area contributed by atoms with Crippen molar-refractivity contribution < 1.29 is 9.53 Å². The molecule has 0 N–H and O–H groups in total. The van der Waals surface area contributed by atoms with Crippen LogP contribution in [0.25, 0.3) is 44.5 Å². The van der Waals surface area contributed by atoms with Crippen molar-refractivity contribution in [2.24, 2.45) is 0 Å². The summed E-state index contributed by atoms with van der Waals surface area (Å²) in [6.45, 7) is 0. The zero-order valence-electron chi connectivity index (χ0n) is 19.2. The Morgan fingerprint density at radius 2 is 1.32 bits per heavy atom. The minimum absolute atomic E-state index is 0.361. The van der Waals surface area contributed by atoms with Gasteiger partial charge in [-0.2, -0.15) is 0 Å². The molecule has 2 aromatic heterocycles. The maximum absolute atomic E-state index is 13.3. The standard InChI is InChI=1S/C30H17Br2N3O2/c31-22-17-23(32)29(28-21(22)12-7-15-33-28)37-30(36)20-13-14-24-25(16-20)35-27(19-10-5-2-6-11-19)26(34-24)18-8-3-1-4-9-18/h1-17H. The third-order valence-electron chi connectivity index (χ3n) is 5.94. The van der Waals surface area contributed by atoms with Crippen LogP contribution in [-0.2, 0) is 0 Å². The van der Waals surface area contributed by atoms with Crippen LogP contribution in [0.1, 0.15) is 10.4 Å². The number of esters is 1. The van der Waals surface area contributed by atoms with Gasteiger partial charge in [0.1, 0.15) is 5.52 Å². The van der Waals surface area contributed by atoms with E-state index in [9.17, 15) is 4.79 Å². The maximum Gasteiger partial charge on any atom is 0.343 e. The predicted molar refractivity (Wildman–Crippen MR) is 153 cm³/mol. The van der Waals surface area contributed by atoms with Gasteiger partial charge in [-0.15, -0.1) is 0 Å². The highest BCUT2D eigenvalue weighted by Crippen LogP contribution is 2.38. The van der Waals surface area contributed by atoms with Gasteiger partial charge in [-0.3, -0.25) is 4.98 Å². The quantitative estimate of drug-likeness (QED) is 0.148. The zero-order valence-corrected chi connectivity index (χ0v) is 22.4. The summed E-state index contributed by atoms with van der Waals surface area (Å²) in [6, 6.07) is 30.7. The number of ether oxygens (including phenoxy) is 1. The van der Waals surface area contributed by atoms with Crippen LogP contribution in [0, 0.1) is 0 Å². The molecule has 37 heavy (non-hydrogen) atoms. The average Bonchev–Trinajstić information content (AvgIpc) is 2.95. The monoisotopic (exact) mass is 609 g/mol. The second-order valence-corrected chi connectivity index (χ2v) is 10.0. The predicted octanol–water partition coefficient (Wildman–Crippen LogP) is 8.26. The first-order valence-electron chi connectivity index (χ1n) is 11.5. The fourth-order valence-corrected chi connectivity index (χ4v) is 5.52. The van der Waals surface area contributed by atoms with Gasteiger partial charge in [0.05, 0.1) is 32.5 Å². The van der Waals surface area contributed by atoms with Crippen LogP contribution in [0.5, 0.6) is 5.75 Å². The second kappa shape index (κ2) is 9.84. The average molecular weight is 611 g/mol. The highest BCUT2D eigenvalue weighted by Gasteiger charge is 2.19. The van der Waals surface area contributed by atoms with E-state index in [-0.39, 0.29) is 0 Å². The molecule has 178 valence electrons. The molecular formula is C30H17Br2N3O2. The van der Waals surface area contributed by atoms with Crippen LogP contribution in [0.2, 0.25) is 0 Å². The fourth-order valence-electron chi connectivity index (χ4n) is 4.17. The number of fused-ring (bicyclic) bond motifs is 2. The Morgan fingerprint density at radius 1 is 0.676 bits per heavy atom. The molecule has 0 aliphatic heterocycles. The van der Waals surface area contributed by atoms with Gasteiger partial charge in [0.2, 0.25) is 0 Å². The largest absolute Gasteiger partial charge is 0.419 e. The first-order chi connectivity index (χ1) is 18.1. The van der Waals surface area contributed by atoms with E-state index in [1.54, 1.807) is 24.4 Å².